The minimum absolute atomic E-state index is 0.181. The largest absolute Gasteiger partial charge is 0.340 e. The maximum absolute atomic E-state index is 11.7. The van der Waals surface area contributed by atoms with E-state index in [1.807, 2.05) is 18.2 Å². The Morgan fingerprint density at radius 1 is 1.24 bits per heavy atom. The molecule has 0 saturated heterocycles. The molecular weight excluding hydrogens is 286 g/mol. The molecule has 0 fully saturated rings. The number of fused-ring (bicyclic) bond motifs is 2. The van der Waals surface area contributed by atoms with E-state index in [1.54, 1.807) is 6.07 Å². The number of benzene rings is 2. The van der Waals surface area contributed by atoms with Gasteiger partial charge in [0.15, 0.2) is 0 Å². The number of carbonyl (C=O) groups excluding carboxylic acids is 1. The van der Waals surface area contributed by atoms with E-state index in [-0.39, 0.29) is 5.91 Å². The zero-order valence-corrected chi connectivity index (χ0v) is 12.0. The predicted molar refractivity (Wildman–Crippen MR) is 84.2 cm³/mol. The highest BCUT2D eigenvalue weighted by molar-refractivity contribution is 6.34. The number of amides is 1. The quantitative estimate of drug-likeness (QED) is 0.851. The molecule has 21 heavy (non-hydrogen) atoms. The average molecular weight is 300 g/mol. The third-order valence-corrected chi connectivity index (χ3v) is 4.48. The van der Waals surface area contributed by atoms with Gasteiger partial charge in [0.05, 0.1) is 10.7 Å². The number of para-hydroxylation sites is 1. The summed E-state index contributed by atoms with van der Waals surface area (Å²) in [6.07, 6.45) is 0.995. The van der Waals surface area contributed by atoms with Gasteiger partial charge in [-0.3, -0.25) is 4.79 Å². The van der Waals surface area contributed by atoms with Crippen molar-refractivity contribution in [2.45, 2.75) is 12.5 Å². The van der Waals surface area contributed by atoms with Crippen molar-refractivity contribution in [3.8, 4) is 0 Å². The van der Waals surface area contributed by atoms with E-state index in [2.05, 4.69) is 22.3 Å². The van der Waals surface area contributed by atoms with Crippen LogP contribution in [0.5, 0.6) is 0 Å². The third kappa shape index (κ3) is 1.83. The molecule has 2 aromatic carbocycles. The summed E-state index contributed by atoms with van der Waals surface area (Å²) >= 11 is 6.43. The van der Waals surface area contributed by atoms with Crippen LogP contribution in [-0.4, -0.2) is 12.5 Å². The van der Waals surface area contributed by atoms with Gasteiger partial charge in [-0.2, -0.15) is 0 Å². The maximum Gasteiger partial charge on any atom is 0.245 e. The van der Waals surface area contributed by atoms with Gasteiger partial charge in [-0.1, -0.05) is 29.8 Å². The van der Waals surface area contributed by atoms with Crippen molar-refractivity contribution in [3.63, 3.8) is 0 Å². The molecule has 1 amide bonds. The Hall–Kier alpha value is -2.04. The van der Waals surface area contributed by atoms with Crippen LogP contribution in [0.15, 0.2) is 36.4 Å². The van der Waals surface area contributed by atoms with E-state index >= 15 is 0 Å². The minimum Gasteiger partial charge on any atom is -0.340 e. The molecule has 0 radical (unpaired) electrons. The van der Waals surface area contributed by atoms with Crippen molar-refractivity contribution in [1.29, 1.82) is 0 Å². The van der Waals surface area contributed by atoms with E-state index in [0.717, 1.165) is 29.9 Å². The monoisotopic (exact) mass is 299 g/mol. The second-order valence-corrected chi connectivity index (χ2v) is 5.80. The Labute approximate surface area is 127 Å². The molecule has 4 rings (SSSR count). The average Bonchev–Trinajstić information content (AvgIpc) is 3.02. The lowest BCUT2D eigenvalue weighted by molar-refractivity contribution is -0.116. The smallest absolute Gasteiger partial charge is 0.245 e. The second kappa shape index (κ2) is 4.48. The zero-order chi connectivity index (χ0) is 14.6. The van der Waals surface area contributed by atoms with Gasteiger partial charge in [0.2, 0.25) is 5.91 Å². The highest BCUT2D eigenvalue weighted by Gasteiger charge is 2.30. The lowest BCUT2D eigenvalue weighted by Gasteiger charge is -2.22. The van der Waals surface area contributed by atoms with Crippen molar-refractivity contribution in [2.24, 2.45) is 5.73 Å². The van der Waals surface area contributed by atoms with Crippen LogP contribution in [0.25, 0.3) is 0 Å². The molecular formula is C16H14ClN3O. The fourth-order valence-corrected chi connectivity index (χ4v) is 3.36. The summed E-state index contributed by atoms with van der Waals surface area (Å²) in [5.74, 6) is -0.181. The summed E-state index contributed by atoms with van der Waals surface area (Å²) in [4.78, 5) is 13.9. The van der Waals surface area contributed by atoms with Crippen molar-refractivity contribution in [1.82, 2.24) is 0 Å². The second-order valence-electron chi connectivity index (χ2n) is 5.39. The number of hydrogen-bond donors (Lipinski definition) is 2. The Morgan fingerprint density at radius 2 is 2.05 bits per heavy atom. The van der Waals surface area contributed by atoms with Gasteiger partial charge in [-0.05, 0) is 30.2 Å². The first kappa shape index (κ1) is 12.7. The van der Waals surface area contributed by atoms with E-state index < -0.39 is 6.04 Å². The first-order valence-electron chi connectivity index (χ1n) is 6.90. The molecule has 0 aromatic heterocycles. The predicted octanol–water partition coefficient (Wildman–Crippen LogP) is 2.99. The molecule has 2 heterocycles. The van der Waals surface area contributed by atoms with Crippen molar-refractivity contribution in [3.05, 3.63) is 52.5 Å². The number of nitrogens with one attached hydrogen (secondary N) is 1. The minimum atomic E-state index is -0.627. The highest BCUT2D eigenvalue weighted by Crippen LogP contribution is 2.42. The number of rotatable bonds is 1. The molecule has 1 atom stereocenters. The molecule has 0 spiro atoms. The van der Waals surface area contributed by atoms with Crippen LogP contribution in [0.2, 0.25) is 5.02 Å². The molecule has 5 heteroatoms. The van der Waals surface area contributed by atoms with Crippen LogP contribution in [0.3, 0.4) is 0 Å². The van der Waals surface area contributed by atoms with Crippen LogP contribution in [0.4, 0.5) is 17.1 Å². The van der Waals surface area contributed by atoms with E-state index in [0.29, 0.717) is 5.02 Å². The van der Waals surface area contributed by atoms with Gasteiger partial charge in [0, 0.05) is 23.5 Å². The molecule has 0 aliphatic carbocycles. The first-order valence-corrected chi connectivity index (χ1v) is 7.28. The Balaban J connectivity index is 1.82. The first-order chi connectivity index (χ1) is 10.1. The number of carbonyl (C=O) groups is 1. The van der Waals surface area contributed by atoms with Crippen molar-refractivity contribution in [2.75, 3.05) is 16.8 Å². The molecule has 0 bridgehead atoms. The Kier molecular flexibility index (Phi) is 2.71. The van der Waals surface area contributed by atoms with E-state index in [1.165, 1.54) is 11.3 Å². The van der Waals surface area contributed by atoms with Gasteiger partial charge in [0.25, 0.3) is 0 Å². The SMILES string of the molecule is NC1C(=O)Nc2cc(N3CCc4ccccc43)c(Cl)cc21. The zero-order valence-electron chi connectivity index (χ0n) is 11.3. The van der Waals surface area contributed by atoms with Crippen LogP contribution in [0, 0.1) is 0 Å². The summed E-state index contributed by atoms with van der Waals surface area (Å²) in [6.45, 7) is 0.887. The Morgan fingerprint density at radius 3 is 2.90 bits per heavy atom. The van der Waals surface area contributed by atoms with Crippen LogP contribution in [-0.2, 0) is 11.2 Å². The molecule has 0 saturated carbocycles. The molecule has 4 nitrogen and oxygen atoms in total. The number of nitrogens with zero attached hydrogens (tertiary/aromatic N) is 1. The summed E-state index contributed by atoms with van der Waals surface area (Å²) < 4.78 is 0. The number of halogens is 1. The van der Waals surface area contributed by atoms with Crippen LogP contribution in [0.1, 0.15) is 17.2 Å². The topological polar surface area (TPSA) is 58.4 Å². The molecule has 106 valence electrons. The van der Waals surface area contributed by atoms with Gasteiger partial charge < -0.3 is 16.0 Å². The Bertz CT molecular complexity index is 759. The fraction of sp³-hybridized carbons (Fsp3) is 0.188. The van der Waals surface area contributed by atoms with Gasteiger partial charge in [0.1, 0.15) is 6.04 Å². The van der Waals surface area contributed by atoms with Gasteiger partial charge >= 0.3 is 0 Å². The standard InChI is InChI=1S/C16H14ClN3O/c17-11-7-10-12(19-16(21)15(10)18)8-14(11)20-6-5-9-3-1-2-4-13(9)20/h1-4,7-8,15H,5-6,18H2,(H,19,21). The number of anilines is 3. The van der Waals surface area contributed by atoms with E-state index in [9.17, 15) is 4.79 Å². The van der Waals surface area contributed by atoms with Crippen LogP contribution < -0.4 is 16.0 Å². The molecule has 1 unspecified atom stereocenters. The maximum atomic E-state index is 11.7. The molecule has 2 aliphatic heterocycles. The summed E-state index contributed by atoms with van der Waals surface area (Å²) in [5.41, 5.74) is 10.8. The van der Waals surface area contributed by atoms with Crippen molar-refractivity contribution >= 4 is 34.6 Å². The normalized spacial score (nSPS) is 19.4. The van der Waals surface area contributed by atoms with Gasteiger partial charge in [-0.25, -0.2) is 0 Å². The van der Waals surface area contributed by atoms with E-state index in [4.69, 9.17) is 17.3 Å². The highest BCUT2D eigenvalue weighted by atomic mass is 35.5. The summed E-state index contributed by atoms with van der Waals surface area (Å²) in [6, 6.07) is 11.4. The molecule has 2 aromatic rings. The number of nitrogens with two attached hydrogens (primary N) is 1. The fourth-order valence-electron chi connectivity index (χ4n) is 3.09. The lowest BCUT2D eigenvalue weighted by atomic mass is 10.1. The van der Waals surface area contributed by atoms with Gasteiger partial charge in [-0.15, -0.1) is 0 Å². The molecule has 2 aliphatic rings. The van der Waals surface area contributed by atoms with Crippen LogP contribution >= 0.6 is 11.6 Å². The van der Waals surface area contributed by atoms with Crippen molar-refractivity contribution < 1.29 is 4.79 Å². The summed E-state index contributed by atoms with van der Waals surface area (Å²) in [7, 11) is 0. The molecule has 3 N–H and O–H groups in total. The number of hydrogen-bond acceptors (Lipinski definition) is 3. The summed E-state index contributed by atoms with van der Waals surface area (Å²) in [5, 5.41) is 3.44. The lowest BCUT2D eigenvalue weighted by Crippen LogP contribution is -2.19. The third-order valence-electron chi connectivity index (χ3n) is 4.17.